The van der Waals surface area contributed by atoms with Crippen LogP contribution in [0.3, 0.4) is 0 Å². The van der Waals surface area contributed by atoms with Crippen LogP contribution in [0.15, 0.2) is 47.5 Å². The van der Waals surface area contributed by atoms with E-state index in [0.29, 0.717) is 26.4 Å². The maximum atomic E-state index is 13.5. The Labute approximate surface area is 289 Å². The lowest BCUT2D eigenvalue weighted by Crippen LogP contribution is -2.35. The number of carbonyl (C=O) groups is 1. The molecule has 5 rings (SSSR count). The van der Waals surface area contributed by atoms with Crippen LogP contribution < -0.4 is 18.9 Å². The molecule has 3 aliphatic rings. The fourth-order valence-electron chi connectivity index (χ4n) is 7.30. The van der Waals surface area contributed by atoms with Gasteiger partial charge < -0.3 is 28.7 Å². The fraction of sp³-hybridized carbons (Fsp3) is 0.585. The third-order valence-electron chi connectivity index (χ3n) is 9.70. The highest BCUT2D eigenvalue weighted by molar-refractivity contribution is 6.15. The van der Waals surface area contributed by atoms with Crippen LogP contribution >= 0.6 is 0 Å². The lowest BCUT2D eigenvalue weighted by Gasteiger charge is -2.30. The first-order valence-corrected chi connectivity index (χ1v) is 18.6. The van der Waals surface area contributed by atoms with Crippen molar-refractivity contribution in [2.24, 2.45) is 11.8 Å². The highest BCUT2D eigenvalue weighted by atomic mass is 16.5. The normalized spacial score (nSPS) is 22.4. The summed E-state index contributed by atoms with van der Waals surface area (Å²) < 4.78 is 24.2. The average Bonchev–Trinajstić information content (AvgIpc) is 3.41. The number of ketones is 1. The van der Waals surface area contributed by atoms with E-state index in [-0.39, 0.29) is 5.78 Å². The van der Waals surface area contributed by atoms with Crippen molar-refractivity contribution in [1.82, 2.24) is 9.80 Å². The zero-order valence-corrected chi connectivity index (χ0v) is 29.9. The van der Waals surface area contributed by atoms with Gasteiger partial charge in [0.15, 0.2) is 28.8 Å². The average molecular weight is 659 g/mol. The second kappa shape index (κ2) is 18.5. The van der Waals surface area contributed by atoms with E-state index in [4.69, 9.17) is 18.9 Å². The smallest absolute Gasteiger partial charge is 0.185 e. The number of ether oxygens (including phenoxy) is 4. The third-order valence-corrected chi connectivity index (χ3v) is 9.70. The first kappa shape index (κ1) is 36.0. The molecule has 0 amide bonds. The Morgan fingerprint density at radius 1 is 0.667 bits per heavy atom. The molecule has 2 saturated heterocycles. The van der Waals surface area contributed by atoms with Gasteiger partial charge in [-0.15, -0.1) is 0 Å². The largest absolute Gasteiger partial charge is 0.490 e. The van der Waals surface area contributed by atoms with Crippen molar-refractivity contribution in [3.63, 3.8) is 0 Å². The summed E-state index contributed by atoms with van der Waals surface area (Å²) >= 11 is 0. The monoisotopic (exact) mass is 658 g/mol. The summed E-state index contributed by atoms with van der Waals surface area (Å²) in [6.45, 7) is 18.0. The summed E-state index contributed by atoms with van der Waals surface area (Å²) in [4.78, 5) is 18.6. The number of carbonyl (C=O) groups excluding carboxylic acids is 1. The standard InChI is InChI=1S/C41H58N2O5/c1-5-45-39-27-33(13-17-37(39)47-23-9-21-42-19-7-11-31(3)29-42)25-35-15-16-36(41(35)44)26-34-14-18-38(40(28-34)46-6-2)48-24-10-22-43-20-8-12-32(4)30-43/h13-14,17-18,25-28,31-32H,5-12,15-16,19-24,29-30H2,1-4H3/b35-25+,36-26+. The minimum absolute atomic E-state index is 0.102. The Kier molecular flexibility index (Phi) is 13.9. The number of hydrogen-bond acceptors (Lipinski definition) is 7. The van der Waals surface area contributed by atoms with Gasteiger partial charge in [-0.2, -0.15) is 0 Å². The number of benzene rings is 2. The van der Waals surface area contributed by atoms with Crippen LogP contribution in [0.4, 0.5) is 0 Å². The van der Waals surface area contributed by atoms with Crippen LogP contribution in [0.1, 0.15) is 90.2 Å². The van der Waals surface area contributed by atoms with Gasteiger partial charge in [0.25, 0.3) is 0 Å². The molecule has 0 bridgehead atoms. The van der Waals surface area contributed by atoms with E-state index in [1.807, 2.05) is 62.4 Å². The van der Waals surface area contributed by atoms with Crippen molar-refractivity contribution in [3.05, 3.63) is 58.7 Å². The summed E-state index contributed by atoms with van der Waals surface area (Å²) in [6, 6.07) is 12.0. The molecular formula is C41H58N2O5. The summed E-state index contributed by atoms with van der Waals surface area (Å²) in [5.74, 6) is 4.66. The molecule has 2 unspecified atom stereocenters. The molecule has 0 aromatic heterocycles. The van der Waals surface area contributed by atoms with E-state index in [1.165, 1.54) is 51.9 Å². The van der Waals surface area contributed by atoms with Gasteiger partial charge in [0, 0.05) is 37.3 Å². The highest BCUT2D eigenvalue weighted by Crippen LogP contribution is 2.35. The molecule has 0 spiro atoms. The zero-order valence-electron chi connectivity index (χ0n) is 29.9. The molecular weight excluding hydrogens is 600 g/mol. The van der Waals surface area contributed by atoms with Crippen molar-refractivity contribution in [2.45, 2.75) is 79.1 Å². The molecule has 1 aliphatic carbocycles. The number of piperidine rings is 2. The Hall–Kier alpha value is -3.29. The van der Waals surface area contributed by atoms with Gasteiger partial charge in [-0.3, -0.25) is 4.79 Å². The summed E-state index contributed by atoms with van der Waals surface area (Å²) in [5, 5.41) is 0. The van der Waals surface area contributed by atoms with Gasteiger partial charge in [0.05, 0.1) is 26.4 Å². The van der Waals surface area contributed by atoms with E-state index in [9.17, 15) is 4.79 Å². The van der Waals surface area contributed by atoms with Gasteiger partial charge in [-0.25, -0.2) is 0 Å². The maximum Gasteiger partial charge on any atom is 0.185 e. The van der Waals surface area contributed by atoms with Gasteiger partial charge in [0.1, 0.15) is 0 Å². The van der Waals surface area contributed by atoms with Gasteiger partial charge in [-0.05, 0) is 138 Å². The molecule has 7 nitrogen and oxygen atoms in total. The van der Waals surface area contributed by atoms with E-state index >= 15 is 0 Å². The zero-order chi connectivity index (χ0) is 33.7. The van der Waals surface area contributed by atoms with Crippen LogP contribution in [-0.4, -0.2) is 81.3 Å². The van der Waals surface area contributed by atoms with Crippen LogP contribution in [-0.2, 0) is 4.79 Å². The summed E-state index contributed by atoms with van der Waals surface area (Å²) in [7, 11) is 0. The molecule has 262 valence electrons. The molecule has 2 aromatic rings. The lowest BCUT2D eigenvalue weighted by molar-refractivity contribution is -0.111. The Morgan fingerprint density at radius 2 is 1.12 bits per heavy atom. The molecule has 0 N–H and O–H groups in total. The van der Waals surface area contributed by atoms with Crippen LogP contribution in [0.5, 0.6) is 23.0 Å². The number of Topliss-reactive ketones (excluding diaryl/α,β-unsaturated/α-hetero) is 1. The van der Waals surface area contributed by atoms with E-state index in [1.54, 1.807) is 0 Å². The maximum absolute atomic E-state index is 13.5. The lowest BCUT2D eigenvalue weighted by atomic mass is 10.0. The topological polar surface area (TPSA) is 60.5 Å². The fourth-order valence-corrected chi connectivity index (χ4v) is 7.30. The Morgan fingerprint density at radius 3 is 1.54 bits per heavy atom. The van der Waals surface area contributed by atoms with E-state index < -0.39 is 0 Å². The quantitative estimate of drug-likeness (QED) is 0.133. The molecule has 7 heteroatoms. The molecule has 2 aliphatic heterocycles. The molecule has 0 radical (unpaired) electrons. The van der Waals surface area contributed by atoms with E-state index in [2.05, 4.69) is 23.6 Å². The molecule has 3 fully saturated rings. The molecule has 2 atom stereocenters. The molecule has 48 heavy (non-hydrogen) atoms. The second-order valence-corrected chi connectivity index (χ2v) is 13.9. The van der Waals surface area contributed by atoms with Gasteiger partial charge in [0.2, 0.25) is 0 Å². The number of allylic oxidation sites excluding steroid dienone is 2. The van der Waals surface area contributed by atoms with Gasteiger partial charge >= 0.3 is 0 Å². The number of nitrogens with zero attached hydrogens (tertiary/aromatic N) is 2. The van der Waals surface area contributed by atoms with Crippen LogP contribution in [0.2, 0.25) is 0 Å². The SMILES string of the molecule is CCOc1cc(/C=C2\CC/C(=C\c3ccc(OCCCN4CCCC(C)C4)c(OCC)c3)C2=O)ccc1OCCCN1CCCC(C)C1. The minimum Gasteiger partial charge on any atom is -0.490 e. The predicted octanol–water partition coefficient (Wildman–Crippen LogP) is 8.32. The van der Waals surface area contributed by atoms with Crippen molar-refractivity contribution < 1.29 is 23.7 Å². The third kappa shape index (κ3) is 10.6. The second-order valence-electron chi connectivity index (χ2n) is 13.9. The summed E-state index contributed by atoms with van der Waals surface area (Å²) in [6.07, 6.45) is 12.7. The number of hydrogen-bond donors (Lipinski definition) is 0. The predicted molar refractivity (Wildman–Crippen MR) is 195 cm³/mol. The van der Waals surface area contributed by atoms with Crippen LogP contribution in [0.25, 0.3) is 12.2 Å². The minimum atomic E-state index is 0.102. The Bertz CT molecular complexity index is 1300. The highest BCUT2D eigenvalue weighted by Gasteiger charge is 2.24. The van der Waals surface area contributed by atoms with E-state index in [0.717, 1.165) is 95.9 Å². The van der Waals surface area contributed by atoms with Crippen molar-refractivity contribution in [3.8, 4) is 23.0 Å². The Balaban J connectivity index is 1.16. The summed E-state index contributed by atoms with van der Waals surface area (Å²) in [5.41, 5.74) is 3.54. The molecule has 1 saturated carbocycles. The molecule has 2 aromatic carbocycles. The van der Waals surface area contributed by atoms with Crippen LogP contribution in [0, 0.1) is 11.8 Å². The van der Waals surface area contributed by atoms with Crippen molar-refractivity contribution >= 4 is 17.9 Å². The first-order valence-electron chi connectivity index (χ1n) is 18.6. The van der Waals surface area contributed by atoms with Gasteiger partial charge in [-0.1, -0.05) is 26.0 Å². The van der Waals surface area contributed by atoms with Crippen molar-refractivity contribution in [1.29, 1.82) is 0 Å². The number of rotatable bonds is 16. The molecule has 2 heterocycles. The van der Waals surface area contributed by atoms with Crippen molar-refractivity contribution in [2.75, 3.05) is 65.7 Å². The first-order chi connectivity index (χ1) is 23.4. The number of likely N-dealkylation sites (tertiary alicyclic amines) is 2.